The van der Waals surface area contributed by atoms with Crippen molar-refractivity contribution >= 4 is 17.6 Å². The van der Waals surface area contributed by atoms with Crippen molar-refractivity contribution in [1.82, 2.24) is 5.16 Å². The molecule has 0 saturated heterocycles. The minimum absolute atomic E-state index is 0.0157. The van der Waals surface area contributed by atoms with Crippen molar-refractivity contribution in [2.24, 2.45) is 23.7 Å². The highest BCUT2D eigenvalue weighted by molar-refractivity contribution is 5.92. The number of aromatic nitrogens is 1. The number of amides is 1. The van der Waals surface area contributed by atoms with E-state index in [2.05, 4.69) is 30.4 Å². The minimum atomic E-state index is -0.705. The fourth-order valence-electron chi connectivity index (χ4n) is 6.71. The van der Waals surface area contributed by atoms with Crippen molar-refractivity contribution in [3.05, 3.63) is 46.3 Å². The average molecular weight is 507 g/mol. The second kappa shape index (κ2) is 10.6. The quantitative estimate of drug-likeness (QED) is 0.333. The van der Waals surface area contributed by atoms with Crippen molar-refractivity contribution in [1.29, 1.82) is 0 Å². The summed E-state index contributed by atoms with van der Waals surface area (Å²) in [7, 11) is 0. The number of benzene rings is 1. The zero-order valence-corrected chi connectivity index (χ0v) is 22.8. The lowest BCUT2D eigenvalue weighted by Crippen LogP contribution is -2.32. The summed E-state index contributed by atoms with van der Waals surface area (Å²) in [6, 6.07) is 6.06. The van der Waals surface area contributed by atoms with E-state index >= 15 is 0 Å². The first-order valence-corrected chi connectivity index (χ1v) is 14.3. The fourth-order valence-corrected chi connectivity index (χ4v) is 6.71. The zero-order valence-electron chi connectivity index (χ0n) is 22.8. The Balaban J connectivity index is 1.34. The largest absolute Gasteiger partial charge is 0.481 e. The van der Waals surface area contributed by atoms with E-state index in [1.165, 1.54) is 30.4 Å². The van der Waals surface area contributed by atoms with E-state index in [1.54, 1.807) is 0 Å². The molecule has 1 aromatic carbocycles. The fraction of sp³-hybridized carbons (Fsp3) is 0.645. The van der Waals surface area contributed by atoms with Gasteiger partial charge < -0.3 is 14.9 Å². The number of carbonyl (C=O) groups is 2. The molecule has 3 saturated carbocycles. The maximum atomic E-state index is 13.3. The normalized spacial score (nSPS) is 25.9. The van der Waals surface area contributed by atoms with Crippen LogP contribution < -0.4 is 5.32 Å². The van der Waals surface area contributed by atoms with Crippen molar-refractivity contribution in [2.45, 2.75) is 103 Å². The monoisotopic (exact) mass is 506 g/mol. The average Bonchev–Trinajstić information content (AvgIpc) is 3.52. The molecule has 37 heavy (non-hydrogen) atoms. The van der Waals surface area contributed by atoms with Gasteiger partial charge >= 0.3 is 5.97 Å². The van der Waals surface area contributed by atoms with E-state index in [4.69, 9.17) is 4.52 Å². The number of rotatable bonds is 11. The first-order chi connectivity index (χ1) is 17.7. The molecule has 200 valence electrons. The smallest absolute Gasteiger partial charge is 0.306 e. The molecular weight excluding hydrogens is 464 g/mol. The number of carbonyl (C=O) groups excluding carboxylic acids is 1. The maximum Gasteiger partial charge on any atom is 0.306 e. The van der Waals surface area contributed by atoms with E-state index in [-0.39, 0.29) is 17.7 Å². The number of aryl methyl sites for hydroxylation is 2. The van der Waals surface area contributed by atoms with Crippen LogP contribution >= 0.6 is 0 Å². The molecule has 2 N–H and O–H groups in total. The lowest BCUT2D eigenvalue weighted by atomic mass is 9.68. The summed E-state index contributed by atoms with van der Waals surface area (Å²) in [5.41, 5.74) is 5.32. The van der Waals surface area contributed by atoms with Crippen LogP contribution in [0.15, 0.2) is 22.7 Å². The van der Waals surface area contributed by atoms with Gasteiger partial charge in [-0.2, -0.15) is 0 Å². The Morgan fingerprint density at radius 1 is 1.05 bits per heavy atom. The summed E-state index contributed by atoms with van der Waals surface area (Å²) in [6.45, 7) is 8.64. The van der Waals surface area contributed by atoms with Crippen LogP contribution in [0.2, 0.25) is 0 Å². The Labute approximate surface area is 220 Å². The molecule has 0 bridgehead atoms. The van der Waals surface area contributed by atoms with Gasteiger partial charge in [0.05, 0.1) is 11.6 Å². The van der Waals surface area contributed by atoms with E-state index in [9.17, 15) is 14.7 Å². The number of nitrogens with zero attached hydrogens (tertiary/aromatic N) is 1. The van der Waals surface area contributed by atoms with Crippen LogP contribution in [0.4, 0.5) is 5.69 Å². The van der Waals surface area contributed by atoms with Crippen LogP contribution in [0.25, 0.3) is 0 Å². The molecule has 3 aliphatic carbocycles. The van der Waals surface area contributed by atoms with Crippen LogP contribution in [0, 0.1) is 37.5 Å². The van der Waals surface area contributed by atoms with Gasteiger partial charge in [-0.15, -0.1) is 0 Å². The highest BCUT2D eigenvalue weighted by Crippen LogP contribution is 2.53. The molecule has 5 rings (SSSR count). The van der Waals surface area contributed by atoms with Crippen LogP contribution in [0.3, 0.4) is 0 Å². The van der Waals surface area contributed by atoms with Gasteiger partial charge in [-0.3, -0.25) is 9.59 Å². The van der Waals surface area contributed by atoms with Crippen LogP contribution in [-0.4, -0.2) is 22.1 Å². The Bertz CT molecular complexity index is 1140. The summed E-state index contributed by atoms with van der Waals surface area (Å²) in [5.74, 6) is 2.80. The predicted octanol–water partition coefficient (Wildman–Crippen LogP) is 7.32. The summed E-state index contributed by atoms with van der Waals surface area (Å²) in [6.07, 6.45) is 8.44. The highest BCUT2D eigenvalue weighted by Gasteiger charge is 2.43. The number of aliphatic carboxylic acids is 1. The Kier molecular flexibility index (Phi) is 7.46. The van der Waals surface area contributed by atoms with Gasteiger partial charge in [0.1, 0.15) is 5.76 Å². The standard InChI is InChI=1S/C31H42N2O4/c1-17(2)9-20-12-24(13-20)30-28(22-6-7-22)29(33-37-30)23(11-21-14-25(15-21)31(35)36)16-27(34)32-26-8-5-18(3)10-19(26)4/h5,8,10,17,20-25H,6-7,9,11-16H2,1-4H3,(H,32,34)(H,35,36). The molecule has 1 unspecified atom stereocenters. The molecular formula is C31H42N2O4. The summed E-state index contributed by atoms with van der Waals surface area (Å²) in [5, 5.41) is 17.1. The van der Waals surface area contributed by atoms with E-state index in [1.807, 2.05) is 26.0 Å². The predicted molar refractivity (Wildman–Crippen MR) is 144 cm³/mol. The van der Waals surface area contributed by atoms with Crippen molar-refractivity contribution < 1.29 is 19.2 Å². The first kappa shape index (κ1) is 26.0. The van der Waals surface area contributed by atoms with Crippen LogP contribution in [-0.2, 0) is 9.59 Å². The third kappa shape index (κ3) is 5.94. The molecule has 0 spiro atoms. The highest BCUT2D eigenvalue weighted by atomic mass is 16.5. The molecule has 3 fully saturated rings. The molecule has 1 heterocycles. The maximum absolute atomic E-state index is 13.3. The molecule has 0 radical (unpaired) electrons. The van der Waals surface area contributed by atoms with Crippen LogP contribution in [0.1, 0.15) is 118 Å². The number of anilines is 1. The van der Waals surface area contributed by atoms with E-state index in [0.29, 0.717) is 37.0 Å². The van der Waals surface area contributed by atoms with Gasteiger partial charge in [-0.05, 0) is 101 Å². The van der Waals surface area contributed by atoms with E-state index < -0.39 is 5.97 Å². The Morgan fingerprint density at radius 3 is 2.38 bits per heavy atom. The van der Waals surface area contributed by atoms with Gasteiger partial charge in [0, 0.05) is 29.5 Å². The second-order valence-corrected chi connectivity index (χ2v) is 12.7. The first-order valence-electron chi connectivity index (χ1n) is 14.3. The summed E-state index contributed by atoms with van der Waals surface area (Å²) in [4.78, 5) is 24.7. The van der Waals surface area contributed by atoms with Crippen molar-refractivity contribution in [3.8, 4) is 0 Å². The van der Waals surface area contributed by atoms with Gasteiger partial charge in [0.15, 0.2) is 0 Å². The van der Waals surface area contributed by atoms with Crippen LogP contribution in [0.5, 0.6) is 0 Å². The third-order valence-electron chi connectivity index (χ3n) is 8.86. The molecule has 1 aromatic heterocycles. The Morgan fingerprint density at radius 2 is 1.76 bits per heavy atom. The summed E-state index contributed by atoms with van der Waals surface area (Å²) >= 11 is 0. The topological polar surface area (TPSA) is 92.4 Å². The number of carboxylic acids is 1. The number of hydrogen-bond acceptors (Lipinski definition) is 4. The molecule has 1 atom stereocenters. The summed E-state index contributed by atoms with van der Waals surface area (Å²) < 4.78 is 6.08. The van der Waals surface area contributed by atoms with Crippen molar-refractivity contribution in [3.63, 3.8) is 0 Å². The number of nitrogens with one attached hydrogen (secondary N) is 1. The third-order valence-corrected chi connectivity index (χ3v) is 8.86. The molecule has 0 aliphatic heterocycles. The van der Waals surface area contributed by atoms with Gasteiger partial charge in [-0.1, -0.05) is 36.7 Å². The minimum Gasteiger partial charge on any atom is -0.481 e. The zero-order chi connectivity index (χ0) is 26.3. The molecule has 3 aliphatic rings. The molecule has 1 amide bonds. The molecule has 2 aromatic rings. The number of carboxylic acid groups (broad SMARTS) is 1. The van der Waals surface area contributed by atoms with Gasteiger partial charge in [-0.25, -0.2) is 0 Å². The molecule has 6 heteroatoms. The lowest BCUT2D eigenvalue weighted by Gasteiger charge is -2.36. The lowest BCUT2D eigenvalue weighted by molar-refractivity contribution is -0.146. The SMILES string of the molecule is Cc1ccc(NC(=O)CC(CC2CC(C(=O)O)C2)c2noc(C3CC(CC(C)C)C3)c2C2CC2)c(C)c1. The Hall–Kier alpha value is -2.63. The molecule has 6 nitrogen and oxygen atoms in total. The van der Waals surface area contributed by atoms with E-state index in [0.717, 1.165) is 53.8 Å². The van der Waals surface area contributed by atoms with Crippen molar-refractivity contribution in [2.75, 3.05) is 5.32 Å². The van der Waals surface area contributed by atoms with Gasteiger partial charge in [0.2, 0.25) is 5.91 Å². The second-order valence-electron chi connectivity index (χ2n) is 12.7. The number of hydrogen-bond donors (Lipinski definition) is 2. The van der Waals surface area contributed by atoms with Gasteiger partial charge in [0.25, 0.3) is 0 Å².